The van der Waals surface area contributed by atoms with E-state index in [1.54, 1.807) is 0 Å². The largest absolute Gasteiger partial charge is 0.346 e. The molecule has 1 aliphatic heterocycles. The Hall–Kier alpha value is -1.14. The van der Waals surface area contributed by atoms with E-state index < -0.39 is 0 Å². The minimum absolute atomic E-state index is 0. The first-order chi connectivity index (χ1) is 7.77. The Morgan fingerprint density at radius 2 is 2.47 bits per heavy atom. The van der Waals surface area contributed by atoms with Gasteiger partial charge in [0.05, 0.1) is 12.0 Å². The van der Waals surface area contributed by atoms with Crippen LogP contribution in [0, 0.1) is 5.92 Å². The van der Waals surface area contributed by atoms with Gasteiger partial charge in [-0.3, -0.25) is 9.89 Å². The molecule has 7 heteroatoms. The van der Waals surface area contributed by atoms with Crippen molar-refractivity contribution in [2.45, 2.75) is 25.8 Å². The minimum atomic E-state index is -0.114. The molecule has 17 heavy (non-hydrogen) atoms. The van der Waals surface area contributed by atoms with Crippen LogP contribution in [0.25, 0.3) is 0 Å². The van der Waals surface area contributed by atoms with Gasteiger partial charge in [-0.15, -0.1) is 12.4 Å². The number of carbonyl (C=O) groups excluding carboxylic acids is 1. The number of halogens is 1. The number of H-pyrrole nitrogens is 1. The molecule has 0 spiro atoms. The van der Waals surface area contributed by atoms with Crippen LogP contribution in [0.3, 0.4) is 0 Å². The summed E-state index contributed by atoms with van der Waals surface area (Å²) in [5.41, 5.74) is 0. The van der Waals surface area contributed by atoms with Crippen molar-refractivity contribution < 1.29 is 4.79 Å². The van der Waals surface area contributed by atoms with E-state index in [1.165, 1.54) is 6.33 Å². The zero-order valence-electron chi connectivity index (χ0n) is 9.77. The lowest BCUT2D eigenvalue weighted by molar-refractivity contribution is -0.126. The van der Waals surface area contributed by atoms with Crippen LogP contribution < -0.4 is 10.6 Å². The van der Waals surface area contributed by atoms with E-state index in [-0.39, 0.29) is 30.3 Å². The van der Waals surface area contributed by atoms with Gasteiger partial charge >= 0.3 is 0 Å². The Morgan fingerprint density at radius 1 is 1.65 bits per heavy atom. The summed E-state index contributed by atoms with van der Waals surface area (Å²) < 4.78 is 0. The molecule has 1 unspecified atom stereocenters. The number of hydrogen-bond acceptors (Lipinski definition) is 4. The monoisotopic (exact) mass is 259 g/mol. The van der Waals surface area contributed by atoms with Gasteiger partial charge in [-0.2, -0.15) is 5.10 Å². The van der Waals surface area contributed by atoms with Crippen molar-refractivity contribution in [1.29, 1.82) is 0 Å². The van der Waals surface area contributed by atoms with E-state index in [1.807, 2.05) is 6.92 Å². The molecule has 1 amide bonds. The predicted molar refractivity (Wildman–Crippen MR) is 65.8 cm³/mol. The SMILES string of the molecule is CC(NC(=O)[C@@H]1CCCNC1)c1ncn[nH]1.Cl. The number of nitrogens with zero attached hydrogens (tertiary/aromatic N) is 2. The fourth-order valence-electron chi connectivity index (χ4n) is 1.90. The fraction of sp³-hybridized carbons (Fsp3) is 0.700. The third kappa shape index (κ3) is 3.67. The molecule has 1 saturated heterocycles. The van der Waals surface area contributed by atoms with E-state index in [0.717, 1.165) is 25.9 Å². The Labute approximate surface area is 106 Å². The number of piperidine rings is 1. The topological polar surface area (TPSA) is 82.7 Å². The van der Waals surface area contributed by atoms with Crippen LogP contribution >= 0.6 is 12.4 Å². The molecule has 2 atom stereocenters. The van der Waals surface area contributed by atoms with E-state index in [2.05, 4.69) is 25.8 Å². The van der Waals surface area contributed by atoms with E-state index in [9.17, 15) is 4.79 Å². The third-order valence-corrected chi connectivity index (χ3v) is 2.87. The molecule has 0 aliphatic carbocycles. The molecule has 1 aromatic rings. The van der Waals surface area contributed by atoms with Crippen LogP contribution in [-0.4, -0.2) is 34.2 Å². The molecule has 6 nitrogen and oxygen atoms in total. The lowest BCUT2D eigenvalue weighted by atomic mass is 9.98. The van der Waals surface area contributed by atoms with Gasteiger partial charge in [0.1, 0.15) is 12.2 Å². The second-order valence-electron chi connectivity index (χ2n) is 4.14. The second kappa shape index (κ2) is 6.56. The molecule has 2 heterocycles. The fourth-order valence-corrected chi connectivity index (χ4v) is 1.90. The maximum atomic E-state index is 11.9. The average molecular weight is 260 g/mol. The van der Waals surface area contributed by atoms with Crippen LogP contribution in [-0.2, 0) is 4.79 Å². The second-order valence-corrected chi connectivity index (χ2v) is 4.14. The summed E-state index contributed by atoms with van der Waals surface area (Å²) >= 11 is 0. The Bertz CT molecular complexity index is 336. The van der Waals surface area contributed by atoms with Gasteiger partial charge in [-0.1, -0.05) is 0 Å². The number of amides is 1. The van der Waals surface area contributed by atoms with Gasteiger partial charge in [0.15, 0.2) is 0 Å². The summed E-state index contributed by atoms with van der Waals surface area (Å²) in [6.45, 7) is 3.69. The van der Waals surface area contributed by atoms with Crippen molar-refractivity contribution in [3.63, 3.8) is 0 Å². The summed E-state index contributed by atoms with van der Waals surface area (Å²) in [5.74, 6) is 0.868. The summed E-state index contributed by atoms with van der Waals surface area (Å²) in [4.78, 5) is 15.9. The molecule has 3 N–H and O–H groups in total. The molecule has 96 valence electrons. The summed E-state index contributed by atoms with van der Waals surface area (Å²) in [7, 11) is 0. The lowest BCUT2D eigenvalue weighted by Gasteiger charge is -2.23. The van der Waals surface area contributed by atoms with Crippen LogP contribution in [0.1, 0.15) is 31.6 Å². The lowest BCUT2D eigenvalue weighted by Crippen LogP contribution is -2.41. The maximum Gasteiger partial charge on any atom is 0.224 e. The number of nitrogens with one attached hydrogen (secondary N) is 3. The van der Waals surface area contributed by atoms with E-state index >= 15 is 0 Å². The number of carbonyl (C=O) groups is 1. The van der Waals surface area contributed by atoms with Gasteiger partial charge in [-0.05, 0) is 26.3 Å². The normalized spacial score (nSPS) is 21.4. The van der Waals surface area contributed by atoms with Crippen LogP contribution in [0.4, 0.5) is 0 Å². The number of aromatic nitrogens is 3. The molecule has 0 aromatic carbocycles. The summed E-state index contributed by atoms with van der Waals surface area (Å²) in [5, 5.41) is 12.7. The van der Waals surface area contributed by atoms with Gasteiger partial charge in [-0.25, -0.2) is 4.98 Å². The quantitative estimate of drug-likeness (QED) is 0.734. The standard InChI is InChI=1S/C10H17N5O.ClH/c1-7(9-12-6-13-15-9)14-10(16)8-3-2-4-11-5-8;/h6-8,11H,2-5H2,1H3,(H,14,16)(H,12,13,15);1H/t7?,8-;/m1./s1. The van der Waals surface area contributed by atoms with Crippen molar-refractivity contribution >= 4 is 18.3 Å². The zero-order valence-corrected chi connectivity index (χ0v) is 10.6. The third-order valence-electron chi connectivity index (χ3n) is 2.87. The van der Waals surface area contributed by atoms with Crippen molar-refractivity contribution in [2.75, 3.05) is 13.1 Å². The zero-order chi connectivity index (χ0) is 11.4. The van der Waals surface area contributed by atoms with Crippen molar-refractivity contribution in [2.24, 2.45) is 5.92 Å². The smallest absolute Gasteiger partial charge is 0.224 e. The molecular formula is C10H18ClN5O. The summed E-state index contributed by atoms with van der Waals surface area (Å²) in [6.07, 6.45) is 3.47. The first kappa shape index (κ1) is 13.9. The first-order valence-corrected chi connectivity index (χ1v) is 5.63. The molecule has 0 saturated carbocycles. The maximum absolute atomic E-state index is 11.9. The highest BCUT2D eigenvalue weighted by molar-refractivity contribution is 5.85. The molecule has 1 aliphatic rings. The van der Waals surface area contributed by atoms with Gasteiger partial charge in [0.2, 0.25) is 5.91 Å². The van der Waals surface area contributed by atoms with Crippen molar-refractivity contribution in [1.82, 2.24) is 25.8 Å². The van der Waals surface area contributed by atoms with Crippen LogP contribution in [0.15, 0.2) is 6.33 Å². The number of hydrogen-bond donors (Lipinski definition) is 3. The Morgan fingerprint density at radius 3 is 3.06 bits per heavy atom. The average Bonchev–Trinajstić information content (AvgIpc) is 2.83. The number of aromatic amines is 1. The first-order valence-electron chi connectivity index (χ1n) is 5.63. The van der Waals surface area contributed by atoms with Gasteiger partial charge < -0.3 is 10.6 Å². The number of rotatable bonds is 3. The van der Waals surface area contributed by atoms with Gasteiger partial charge in [0, 0.05) is 6.54 Å². The van der Waals surface area contributed by atoms with E-state index in [4.69, 9.17) is 0 Å². The summed E-state index contributed by atoms with van der Waals surface area (Å²) in [6, 6.07) is -0.114. The van der Waals surface area contributed by atoms with Crippen LogP contribution in [0.2, 0.25) is 0 Å². The molecule has 0 radical (unpaired) electrons. The highest BCUT2D eigenvalue weighted by atomic mass is 35.5. The highest BCUT2D eigenvalue weighted by Crippen LogP contribution is 2.12. The van der Waals surface area contributed by atoms with Gasteiger partial charge in [0.25, 0.3) is 0 Å². The van der Waals surface area contributed by atoms with Crippen molar-refractivity contribution in [3.05, 3.63) is 12.2 Å². The van der Waals surface area contributed by atoms with Crippen LogP contribution in [0.5, 0.6) is 0 Å². The Kier molecular flexibility index (Phi) is 5.37. The molecule has 1 aromatic heterocycles. The van der Waals surface area contributed by atoms with E-state index in [0.29, 0.717) is 5.82 Å². The molecule has 0 bridgehead atoms. The molecular weight excluding hydrogens is 242 g/mol. The van der Waals surface area contributed by atoms with Crippen molar-refractivity contribution in [3.8, 4) is 0 Å². The molecule has 1 fully saturated rings. The predicted octanol–water partition coefficient (Wildman–Crippen LogP) is 0.403. The highest BCUT2D eigenvalue weighted by Gasteiger charge is 2.22. The minimum Gasteiger partial charge on any atom is -0.346 e. The Balaban J connectivity index is 0.00000144. The molecule has 2 rings (SSSR count).